The maximum absolute atomic E-state index is 12.1. The minimum absolute atomic E-state index is 0.0382. The molecule has 0 saturated carbocycles. The summed E-state index contributed by atoms with van der Waals surface area (Å²) in [6, 6.07) is 8.43. The molecule has 4 nitrogen and oxygen atoms in total. The van der Waals surface area contributed by atoms with E-state index in [1.54, 1.807) is 0 Å². The summed E-state index contributed by atoms with van der Waals surface area (Å²) in [5.41, 5.74) is 0.748. The van der Waals surface area contributed by atoms with Gasteiger partial charge in [-0.05, 0) is 30.9 Å². The number of carbonyl (C=O) groups excluding carboxylic acids is 1. The lowest BCUT2D eigenvalue weighted by molar-refractivity contribution is -0.152. The zero-order chi connectivity index (χ0) is 14.5. The van der Waals surface area contributed by atoms with Gasteiger partial charge in [0.05, 0.1) is 0 Å². The predicted molar refractivity (Wildman–Crippen MR) is 74.9 cm³/mol. The molecular formula is C16H17NO3. The van der Waals surface area contributed by atoms with Crippen molar-refractivity contribution in [2.75, 3.05) is 6.54 Å². The molecule has 1 heterocycles. The number of rotatable bonds is 1. The molecule has 0 spiro atoms. The molecule has 104 valence electrons. The summed E-state index contributed by atoms with van der Waals surface area (Å²) < 4.78 is 0. The van der Waals surface area contributed by atoms with Gasteiger partial charge in [-0.2, -0.15) is 0 Å². The van der Waals surface area contributed by atoms with Crippen LogP contribution in [0.15, 0.2) is 30.3 Å². The van der Waals surface area contributed by atoms with Crippen molar-refractivity contribution in [3.63, 3.8) is 0 Å². The van der Waals surface area contributed by atoms with Crippen molar-refractivity contribution >= 4 is 11.9 Å². The molecule has 0 radical (unpaired) electrons. The molecule has 0 bridgehead atoms. The van der Waals surface area contributed by atoms with Crippen molar-refractivity contribution in [3.8, 4) is 11.8 Å². The van der Waals surface area contributed by atoms with E-state index in [0.29, 0.717) is 6.54 Å². The fraction of sp³-hybridized carbons (Fsp3) is 0.375. The molecule has 1 amide bonds. The lowest BCUT2D eigenvalue weighted by Crippen LogP contribution is -2.51. The largest absolute Gasteiger partial charge is 0.480 e. The fourth-order valence-electron chi connectivity index (χ4n) is 2.51. The monoisotopic (exact) mass is 271 g/mol. The second-order valence-corrected chi connectivity index (χ2v) is 5.02. The third kappa shape index (κ3) is 3.18. The van der Waals surface area contributed by atoms with Gasteiger partial charge in [0.25, 0.3) is 5.91 Å². The van der Waals surface area contributed by atoms with Gasteiger partial charge in [0.2, 0.25) is 0 Å². The van der Waals surface area contributed by atoms with Gasteiger partial charge in [0.15, 0.2) is 0 Å². The molecule has 2 rings (SSSR count). The average Bonchev–Trinajstić information content (AvgIpc) is 2.45. The molecule has 1 N–H and O–H groups in total. The van der Waals surface area contributed by atoms with Crippen molar-refractivity contribution in [1.82, 2.24) is 4.90 Å². The minimum Gasteiger partial charge on any atom is -0.480 e. The number of hydrogen-bond donors (Lipinski definition) is 1. The molecular weight excluding hydrogens is 254 g/mol. The van der Waals surface area contributed by atoms with Crippen LogP contribution in [0, 0.1) is 17.8 Å². The Morgan fingerprint density at radius 2 is 2.00 bits per heavy atom. The van der Waals surface area contributed by atoms with Crippen LogP contribution >= 0.6 is 0 Å². The van der Waals surface area contributed by atoms with Crippen LogP contribution in [0.25, 0.3) is 0 Å². The van der Waals surface area contributed by atoms with Crippen molar-refractivity contribution in [1.29, 1.82) is 0 Å². The fourth-order valence-corrected chi connectivity index (χ4v) is 2.51. The lowest BCUT2D eigenvalue weighted by atomic mass is 9.91. The number of carbonyl (C=O) groups is 2. The molecule has 1 aliphatic heterocycles. The Morgan fingerprint density at radius 3 is 2.65 bits per heavy atom. The normalized spacial score (nSPS) is 21.8. The maximum atomic E-state index is 12.1. The second kappa shape index (κ2) is 6.25. The second-order valence-electron chi connectivity index (χ2n) is 5.02. The van der Waals surface area contributed by atoms with Gasteiger partial charge >= 0.3 is 5.97 Å². The van der Waals surface area contributed by atoms with Crippen molar-refractivity contribution < 1.29 is 14.7 Å². The van der Waals surface area contributed by atoms with Gasteiger partial charge in [0.1, 0.15) is 6.04 Å². The highest BCUT2D eigenvalue weighted by molar-refractivity contribution is 5.96. The summed E-state index contributed by atoms with van der Waals surface area (Å²) >= 11 is 0. The molecule has 0 aliphatic carbocycles. The average molecular weight is 271 g/mol. The molecule has 2 unspecified atom stereocenters. The van der Waals surface area contributed by atoms with Gasteiger partial charge in [-0.25, -0.2) is 4.79 Å². The predicted octanol–water partition coefficient (Wildman–Crippen LogP) is 1.75. The smallest absolute Gasteiger partial charge is 0.326 e. The van der Waals surface area contributed by atoms with Crippen LogP contribution in [0.3, 0.4) is 0 Å². The Bertz CT molecular complexity index is 556. The zero-order valence-electron chi connectivity index (χ0n) is 11.4. The Morgan fingerprint density at radius 1 is 1.30 bits per heavy atom. The molecule has 4 heteroatoms. The first kappa shape index (κ1) is 14.1. The summed E-state index contributed by atoms with van der Waals surface area (Å²) in [6.07, 6.45) is 1.65. The number of benzene rings is 1. The van der Waals surface area contributed by atoms with Crippen molar-refractivity contribution in [2.45, 2.75) is 25.8 Å². The number of likely N-dealkylation sites (tertiary alicyclic amines) is 1. The standard InChI is InChI=1S/C16H17NO3/c1-12-6-5-11-17(15(12)16(19)20)14(18)10-9-13-7-3-2-4-8-13/h2-4,7-8,12,15H,5-6,11H2,1H3,(H,19,20). The van der Waals surface area contributed by atoms with Crippen LogP contribution in [-0.4, -0.2) is 34.5 Å². The summed E-state index contributed by atoms with van der Waals surface area (Å²) in [4.78, 5) is 24.8. The van der Waals surface area contributed by atoms with E-state index in [9.17, 15) is 14.7 Å². The van der Waals surface area contributed by atoms with Gasteiger partial charge in [-0.3, -0.25) is 4.79 Å². The first-order valence-corrected chi connectivity index (χ1v) is 6.70. The Labute approximate surface area is 118 Å². The van der Waals surface area contributed by atoms with Crippen molar-refractivity contribution in [2.24, 2.45) is 5.92 Å². The Hall–Kier alpha value is -2.28. The van der Waals surface area contributed by atoms with Crippen LogP contribution in [0.1, 0.15) is 25.3 Å². The third-order valence-corrected chi connectivity index (χ3v) is 3.53. The van der Waals surface area contributed by atoms with E-state index in [2.05, 4.69) is 11.8 Å². The number of piperidine rings is 1. The quantitative estimate of drug-likeness (QED) is 0.792. The highest BCUT2D eigenvalue weighted by Crippen LogP contribution is 2.23. The lowest BCUT2D eigenvalue weighted by Gasteiger charge is -2.35. The van der Waals surface area contributed by atoms with E-state index in [1.165, 1.54) is 4.90 Å². The zero-order valence-corrected chi connectivity index (χ0v) is 11.4. The summed E-state index contributed by atoms with van der Waals surface area (Å²) in [6.45, 7) is 2.33. The topological polar surface area (TPSA) is 57.6 Å². The molecule has 1 saturated heterocycles. The van der Waals surface area contributed by atoms with E-state index in [0.717, 1.165) is 18.4 Å². The number of carboxylic acid groups (broad SMARTS) is 1. The molecule has 20 heavy (non-hydrogen) atoms. The van der Waals surface area contributed by atoms with Gasteiger partial charge < -0.3 is 10.0 Å². The molecule has 1 aromatic carbocycles. The number of nitrogens with zero attached hydrogens (tertiary/aromatic N) is 1. The molecule has 1 aromatic rings. The Balaban J connectivity index is 2.15. The van der Waals surface area contributed by atoms with E-state index in [-0.39, 0.29) is 5.92 Å². The van der Waals surface area contributed by atoms with Crippen LogP contribution in [0.4, 0.5) is 0 Å². The summed E-state index contributed by atoms with van der Waals surface area (Å²) in [5.74, 6) is 3.93. The maximum Gasteiger partial charge on any atom is 0.326 e. The number of amides is 1. The van der Waals surface area contributed by atoms with Gasteiger partial charge in [0, 0.05) is 18.0 Å². The molecule has 2 atom stereocenters. The number of aliphatic carboxylic acids is 1. The van der Waals surface area contributed by atoms with Crippen molar-refractivity contribution in [3.05, 3.63) is 35.9 Å². The summed E-state index contributed by atoms with van der Waals surface area (Å²) in [5, 5.41) is 9.27. The highest BCUT2D eigenvalue weighted by atomic mass is 16.4. The van der Waals surface area contributed by atoms with E-state index in [4.69, 9.17) is 0 Å². The molecule has 1 fully saturated rings. The van der Waals surface area contributed by atoms with Crippen LogP contribution in [-0.2, 0) is 9.59 Å². The van der Waals surface area contributed by atoms with Crippen LogP contribution in [0.2, 0.25) is 0 Å². The number of carboxylic acids is 1. The highest BCUT2D eigenvalue weighted by Gasteiger charge is 2.36. The minimum atomic E-state index is -0.952. The van der Waals surface area contributed by atoms with E-state index in [1.807, 2.05) is 37.3 Å². The first-order chi connectivity index (χ1) is 9.59. The van der Waals surface area contributed by atoms with E-state index >= 15 is 0 Å². The molecule has 1 aliphatic rings. The van der Waals surface area contributed by atoms with E-state index < -0.39 is 17.9 Å². The SMILES string of the molecule is CC1CCCN(C(=O)C#Cc2ccccc2)C1C(=O)O. The number of hydrogen-bond acceptors (Lipinski definition) is 2. The molecule has 0 aromatic heterocycles. The summed E-state index contributed by atoms with van der Waals surface area (Å²) in [7, 11) is 0. The Kier molecular flexibility index (Phi) is 4.41. The third-order valence-electron chi connectivity index (χ3n) is 3.53. The van der Waals surface area contributed by atoms with Gasteiger partial charge in [-0.15, -0.1) is 0 Å². The van der Waals surface area contributed by atoms with Gasteiger partial charge in [-0.1, -0.05) is 31.0 Å². The van der Waals surface area contributed by atoms with Crippen LogP contribution < -0.4 is 0 Å². The van der Waals surface area contributed by atoms with Crippen LogP contribution in [0.5, 0.6) is 0 Å². The first-order valence-electron chi connectivity index (χ1n) is 6.70.